The summed E-state index contributed by atoms with van der Waals surface area (Å²) in [5, 5.41) is 15.0. The monoisotopic (exact) mass is 375 g/mol. The van der Waals surface area contributed by atoms with Gasteiger partial charge < -0.3 is 10.6 Å². The van der Waals surface area contributed by atoms with E-state index in [1.54, 1.807) is 66.7 Å². The van der Waals surface area contributed by atoms with E-state index >= 15 is 0 Å². The SMILES string of the molecule is N#Cc1cccc(NC(=O)c2cccc(C(=O)Nc3ccc(Cl)cc3)c2)c1. The van der Waals surface area contributed by atoms with Crippen molar-refractivity contribution in [3.63, 3.8) is 0 Å². The number of hydrogen-bond acceptors (Lipinski definition) is 3. The van der Waals surface area contributed by atoms with Crippen LogP contribution in [0.3, 0.4) is 0 Å². The van der Waals surface area contributed by atoms with E-state index in [9.17, 15) is 9.59 Å². The molecule has 0 aliphatic carbocycles. The number of carbonyl (C=O) groups is 2. The van der Waals surface area contributed by atoms with Crippen LogP contribution in [-0.4, -0.2) is 11.8 Å². The van der Waals surface area contributed by atoms with Crippen LogP contribution in [0.2, 0.25) is 5.02 Å². The van der Waals surface area contributed by atoms with Crippen molar-refractivity contribution < 1.29 is 9.59 Å². The van der Waals surface area contributed by atoms with Gasteiger partial charge in [0.15, 0.2) is 0 Å². The predicted molar refractivity (Wildman–Crippen MR) is 105 cm³/mol. The summed E-state index contributed by atoms with van der Waals surface area (Å²) in [6.07, 6.45) is 0. The van der Waals surface area contributed by atoms with Crippen LogP contribution < -0.4 is 10.6 Å². The first-order chi connectivity index (χ1) is 13.0. The number of nitrogens with one attached hydrogen (secondary N) is 2. The summed E-state index contributed by atoms with van der Waals surface area (Å²) >= 11 is 5.83. The van der Waals surface area contributed by atoms with Crippen LogP contribution in [0, 0.1) is 11.3 Å². The molecular weight excluding hydrogens is 362 g/mol. The molecule has 6 heteroatoms. The van der Waals surface area contributed by atoms with Crippen LogP contribution in [0.5, 0.6) is 0 Å². The quantitative estimate of drug-likeness (QED) is 0.692. The molecule has 0 saturated heterocycles. The Morgan fingerprint density at radius 2 is 1.37 bits per heavy atom. The molecule has 3 aromatic rings. The average molecular weight is 376 g/mol. The first-order valence-electron chi connectivity index (χ1n) is 8.03. The number of nitrogens with zero attached hydrogens (tertiary/aromatic N) is 1. The molecule has 0 aromatic heterocycles. The third kappa shape index (κ3) is 4.72. The first kappa shape index (κ1) is 18.2. The highest BCUT2D eigenvalue weighted by atomic mass is 35.5. The van der Waals surface area contributed by atoms with Crippen molar-refractivity contribution in [2.75, 3.05) is 10.6 Å². The van der Waals surface area contributed by atoms with Gasteiger partial charge in [-0.1, -0.05) is 23.7 Å². The van der Waals surface area contributed by atoms with Gasteiger partial charge in [0, 0.05) is 27.5 Å². The second-order valence-corrected chi connectivity index (χ2v) is 6.12. The molecular formula is C21H14ClN3O2. The fourth-order valence-electron chi connectivity index (χ4n) is 2.41. The van der Waals surface area contributed by atoms with Gasteiger partial charge in [0.25, 0.3) is 11.8 Å². The van der Waals surface area contributed by atoms with E-state index in [0.717, 1.165) is 0 Å². The van der Waals surface area contributed by atoms with Crippen molar-refractivity contribution >= 4 is 34.8 Å². The summed E-state index contributed by atoms with van der Waals surface area (Å²) < 4.78 is 0. The van der Waals surface area contributed by atoms with Gasteiger partial charge in [0.1, 0.15) is 0 Å². The van der Waals surface area contributed by atoms with Crippen LogP contribution >= 0.6 is 11.6 Å². The van der Waals surface area contributed by atoms with Crippen LogP contribution in [-0.2, 0) is 0 Å². The number of nitriles is 1. The Bertz CT molecular complexity index is 1040. The second kappa shape index (κ2) is 8.17. The van der Waals surface area contributed by atoms with Gasteiger partial charge in [-0.05, 0) is 60.7 Å². The number of rotatable bonds is 4. The zero-order valence-electron chi connectivity index (χ0n) is 14.1. The molecule has 0 bridgehead atoms. The molecule has 27 heavy (non-hydrogen) atoms. The maximum atomic E-state index is 12.4. The van der Waals surface area contributed by atoms with Crippen molar-refractivity contribution in [2.45, 2.75) is 0 Å². The molecule has 2 N–H and O–H groups in total. The van der Waals surface area contributed by atoms with E-state index in [0.29, 0.717) is 33.1 Å². The third-order valence-corrected chi connectivity index (χ3v) is 3.99. The molecule has 3 aromatic carbocycles. The smallest absolute Gasteiger partial charge is 0.255 e. The summed E-state index contributed by atoms with van der Waals surface area (Å²) in [6, 6.07) is 21.7. The number of hydrogen-bond donors (Lipinski definition) is 2. The molecule has 5 nitrogen and oxygen atoms in total. The largest absolute Gasteiger partial charge is 0.322 e. The minimum absolute atomic E-state index is 0.334. The zero-order chi connectivity index (χ0) is 19.2. The van der Waals surface area contributed by atoms with E-state index < -0.39 is 0 Å². The lowest BCUT2D eigenvalue weighted by Gasteiger charge is -2.08. The van der Waals surface area contributed by atoms with Crippen molar-refractivity contribution in [3.8, 4) is 6.07 Å². The minimum Gasteiger partial charge on any atom is -0.322 e. The lowest BCUT2D eigenvalue weighted by atomic mass is 10.1. The molecule has 0 aliphatic heterocycles. The van der Waals surface area contributed by atoms with Crippen molar-refractivity contribution in [1.82, 2.24) is 0 Å². The summed E-state index contributed by atoms with van der Waals surface area (Å²) in [6.45, 7) is 0. The van der Waals surface area contributed by atoms with E-state index in [2.05, 4.69) is 10.6 Å². The molecule has 0 atom stereocenters. The Morgan fingerprint density at radius 1 is 0.778 bits per heavy atom. The molecule has 0 fully saturated rings. The standard InChI is InChI=1S/C21H14ClN3O2/c22-17-7-9-18(10-8-17)24-20(26)15-4-2-5-16(12-15)21(27)25-19-6-1-3-14(11-19)13-23/h1-12H,(H,24,26)(H,25,27). The zero-order valence-corrected chi connectivity index (χ0v) is 14.8. The van der Waals surface area contributed by atoms with Crippen LogP contribution in [0.1, 0.15) is 26.3 Å². The first-order valence-corrected chi connectivity index (χ1v) is 8.41. The third-order valence-electron chi connectivity index (χ3n) is 3.74. The lowest BCUT2D eigenvalue weighted by Crippen LogP contribution is -2.15. The summed E-state index contributed by atoms with van der Waals surface area (Å²) in [7, 11) is 0. The summed E-state index contributed by atoms with van der Waals surface area (Å²) in [5.41, 5.74) is 2.25. The van der Waals surface area contributed by atoms with Gasteiger partial charge in [0.05, 0.1) is 11.6 Å². The number of benzene rings is 3. The van der Waals surface area contributed by atoms with Gasteiger partial charge in [-0.15, -0.1) is 0 Å². The summed E-state index contributed by atoms with van der Waals surface area (Å²) in [4.78, 5) is 24.8. The molecule has 0 aliphatic rings. The van der Waals surface area contributed by atoms with E-state index in [1.165, 1.54) is 6.07 Å². The van der Waals surface area contributed by atoms with Gasteiger partial charge in [-0.3, -0.25) is 9.59 Å². The average Bonchev–Trinajstić information content (AvgIpc) is 2.70. The van der Waals surface area contributed by atoms with E-state index in [1.807, 2.05) is 6.07 Å². The Hall–Kier alpha value is -3.62. The van der Waals surface area contributed by atoms with Crippen LogP contribution in [0.4, 0.5) is 11.4 Å². The molecule has 0 heterocycles. The maximum Gasteiger partial charge on any atom is 0.255 e. The number of carbonyl (C=O) groups excluding carboxylic acids is 2. The van der Waals surface area contributed by atoms with Crippen molar-refractivity contribution in [2.24, 2.45) is 0 Å². The topological polar surface area (TPSA) is 82.0 Å². The number of amides is 2. The molecule has 0 radical (unpaired) electrons. The molecule has 0 unspecified atom stereocenters. The van der Waals surface area contributed by atoms with Gasteiger partial charge in [-0.2, -0.15) is 5.26 Å². The molecule has 3 rings (SSSR count). The highest BCUT2D eigenvalue weighted by Gasteiger charge is 2.11. The lowest BCUT2D eigenvalue weighted by molar-refractivity contribution is 0.102. The Kier molecular flexibility index (Phi) is 5.50. The normalized spacial score (nSPS) is 9.93. The van der Waals surface area contributed by atoms with Gasteiger partial charge >= 0.3 is 0 Å². The van der Waals surface area contributed by atoms with E-state index in [-0.39, 0.29) is 11.8 Å². The Morgan fingerprint density at radius 3 is 2.00 bits per heavy atom. The minimum atomic E-state index is -0.369. The maximum absolute atomic E-state index is 12.4. The van der Waals surface area contributed by atoms with Gasteiger partial charge in [0.2, 0.25) is 0 Å². The predicted octanol–water partition coefficient (Wildman–Crippen LogP) is 4.72. The summed E-state index contributed by atoms with van der Waals surface area (Å²) in [5.74, 6) is -0.704. The van der Waals surface area contributed by atoms with Crippen LogP contribution in [0.25, 0.3) is 0 Å². The number of anilines is 2. The van der Waals surface area contributed by atoms with Gasteiger partial charge in [-0.25, -0.2) is 0 Å². The fraction of sp³-hybridized carbons (Fsp3) is 0. The molecule has 0 saturated carbocycles. The highest BCUT2D eigenvalue weighted by Crippen LogP contribution is 2.16. The fourth-order valence-corrected chi connectivity index (χ4v) is 2.53. The molecule has 2 amide bonds. The van der Waals surface area contributed by atoms with E-state index in [4.69, 9.17) is 16.9 Å². The Labute approximate surface area is 161 Å². The van der Waals surface area contributed by atoms with Crippen molar-refractivity contribution in [1.29, 1.82) is 5.26 Å². The second-order valence-electron chi connectivity index (χ2n) is 5.69. The molecule has 132 valence electrons. The molecule has 0 spiro atoms. The Balaban J connectivity index is 1.74. The number of halogens is 1. The van der Waals surface area contributed by atoms with Crippen LogP contribution in [0.15, 0.2) is 72.8 Å². The highest BCUT2D eigenvalue weighted by molar-refractivity contribution is 6.30. The van der Waals surface area contributed by atoms with Crippen molar-refractivity contribution in [3.05, 3.63) is 94.5 Å².